The number of rotatable bonds is 5. The Kier molecular flexibility index (Phi) is 5.33. The van der Waals surface area contributed by atoms with E-state index in [0.29, 0.717) is 5.41 Å². The fourth-order valence-electron chi connectivity index (χ4n) is 2.41. The van der Waals surface area contributed by atoms with Crippen molar-refractivity contribution in [3.05, 3.63) is 11.8 Å². The van der Waals surface area contributed by atoms with Crippen LogP contribution in [0.3, 0.4) is 0 Å². The predicted octanol–water partition coefficient (Wildman–Crippen LogP) is 3.01. The van der Waals surface area contributed by atoms with Crippen LogP contribution < -0.4 is 5.32 Å². The molecule has 1 aliphatic heterocycles. The molecule has 0 bridgehead atoms. The fraction of sp³-hybridized carbons (Fsp3) is 0.857. The molecule has 1 saturated heterocycles. The third-order valence-corrected chi connectivity index (χ3v) is 4.21. The lowest BCUT2D eigenvalue weighted by Crippen LogP contribution is -2.41. The molecule has 1 N–H and O–H groups in total. The number of nitrogens with one attached hydrogen (secondary N) is 1. The molecule has 2 nitrogen and oxygen atoms in total. The normalized spacial score (nSPS) is 19.0. The lowest BCUT2D eigenvalue weighted by atomic mass is 9.76. The van der Waals surface area contributed by atoms with Gasteiger partial charge in [-0.3, -0.25) is 0 Å². The zero-order valence-corrected chi connectivity index (χ0v) is 11.5. The zero-order chi connectivity index (χ0) is 12.0. The van der Waals surface area contributed by atoms with Crippen LogP contribution >= 0.6 is 0 Å². The Morgan fingerprint density at radius 1 is 1.19 bits per heavy atom. The van der Waals surface area contributed by atoms with Crippen molar-refractivity contribution in [3.63, 3.8) is 0 Å². The van der Waals surface area contributed by atoms with Gasteiger partial charge in [0.25, 0.3) is 0 Å². The number of piperazine rings is 1. The number of hydrogen-bond acceptors (Lipinski definition) is 2. The molecule has 0 aliphatic carbocycles. The molecule has 0 atom stereocenters. The highest BCUT2D eigenvalue weighted by molar-refractivity contribution is 5.12. The van der Waals surface area contributed by atoms with Crippen molar-refractivity contribution in [1.82, 2.24) is 10.2 Å². The molecule has 2 heteroatoms. The highest BCUT2D eigenvalue weighted by Crippen LogP contribution is 2.36. The molecule has 0 unspecified atom stereocenters. The molecule has 0 amide bonds. The SMILES string of the molecule is CC/C(=C\N1CCNCC1)C(C)(CC)CC. The van der Waals surface area contributed by atoms with E-state index in [0.717, 1.165) is 26.2 Å². The van der Waals surface area contributed by atoms with Crippen molar-refractivity contribution >= 4 is 0 Å². The third-order valence-electron chi connectivity index (χ3n) is 4.21. The fourth-order valence-corrected chi connectivity index (χ4v) is 2.41. The summed E-state index contributed by atoms with van der Waals surface area (Å²) in [7, 11) is 0. The highest BCUT2D eigenvalue weighted by atomic mass is 15.2. The van der Waals surface area contributed by atoms with Gasteiger partial charge < -0.3 is 10.2 Å². The van der Waals surface area contributed by atoms with Crippen molar-refractivity contribution in [2.75, 3.05) is 26.2 Å². The van der Waals surface area contributed by atoms with Crippen molar-refractivity contribution in [1.29, 1.82) is 0 Å². The van der Waals surface area contributed by atoms with Crippen LogP contribution in [0.4, 0.5) is 0 Å². The van der Waals surface area contributed by atoms with Crippen LogP contribution in [0.25, 0.3) is 0 Å². The Balaban J connectivity index is 2.74. The summed E-state index contributed by atoms with van der Waals surface area (Å²) in [5.41, 5.74) is 2.03. The number of hydrogen-bond donors (Lipinski definition) is 1. The topological polar surface area (TPSA) is 15.3 Å². The molecular formula is C14H28N2. The summed E-state index contributed by atoms with van der Waals surface area (Å²) >= 11 is 0. The van der Waals surface area contributed by atoms with Crippen molar-refractivity contribution in [2.45, 2.75) is 47.0 Å². The Labute approximate surface area is 101 Å². The molecule has 0 aromatic heterocycles. The average molecular weight is 224 g/mol. The van der Waals surface area contributed by atoms with Gasteiger partial charge in [-0.25, -0.2) is 0 Å². The molecule has 0 aromatic carbocycles. The first-order valence-electron chi connectivity index (χ1n) is 6.82. The third kappa shape index (κ3) is 3.24. The predicted molar refractivity (Wildman–Crippen MR) is 71.5 cm³/mol. The maximum Gasteiger partial charge on any atom is 0.0298 e. The van der Waals surface area contributed by atoms with E-state index in [1.165, 1.54) is 19.3 Å². The van der Waals surface area contributed by atoms with Crippen LogP contribution in [0.5, 0.6) is 0 Å². The molecule has 0 saturated carbocycles. The Morgan fingerprint density at radius 2 is 1.75 bits per heavy atom. The molecule has 94 valence electrons. The van der Waals surface area contributed by atoms with Gasteiger partial charge in [-0.05, 0) is 36.5 Å². The van der Waals surface area contributed by atoms with Crippen LogP contribution in [-0.4, -0.2) is 31.1 Å². The van der Waals surface area contributed by atoms with E-state index < -0.39 is 0 Å². The Morgan fingerprint density at radius 3 is 2.19 bits per heavy atom. The van der Waals surface area contributed by atoms with Gasteiger partial charge in [-0.2, -0.15) is 0 Å². The van der Waals surface area contributed by atoms with E-state index in [9.17, 15) is 0 Å². The molecule has 0 aromatic rings. The second-order valence-electron chi connectivity index (χ2n) is 5.06. The minimum absolute atomic E-state index is 0.402. The smallest absolute Gasteiger partial charge is 0.0298 e. The van der Waals surface area contributed by atoms with E-state index >= 15 is 0 Å². The summed E-state index contributed by atoms with van der Waals surface area (Å²) in [4.78, 5) is 2.49. The van der Waals surface area contributed by atoms with E-state index in [-0.39, 0.29) is 0 Å². The van der Waals surface area contributed by atoms with Gasteiger partial charge in [0, 0.05) is 26.2 Å². The van der Waals surface area contributed by atoms with Crippen LogP contribution in [0.1, 0.15) is 47.0 Å². The first-order chi connectivity index (χ1) is 7.66. The Bertz CT molecular complexity index is 223. The lowest BCUT2D eigenvalue weighted by molar-refractivity contribution is 0.299. The van der Waals surface area contributed by atoms with E-state index in [1.807, 2.05) is 0 Å². The summed E-state index contributed by atoms with van der Waals surface area (Å²) in [5.74, 6) is 0. The minimum Gasteiger partial charge on any atom is -0.375 e. The van der Waals surface area contributed by atoms with Crippen molar-refractivity contribution < 1.29 is 0 Å². The molecular weight excluding hydrogens is 196 g/mol. The average Bonchev–Trinajstić information content (AvgIpc) is 2.36. The summed E-state index contributed by atoms with van der Waals surface area (Å²) in [6, 6.07) is 0. The van der Waals surface area contributed by atoms with Gasteiger partial charge in [-0.15, -0.1) is 0 Å². The molecule has 0 radical (unpaired) electrons. The number of allylic oxidation sites excluding steroid dienone is 1. The molecule has 1 heterocycles. The monoisotopic (exact) mass is 224 g/mol. The lowest BCUT2D eigenvalue weighted by Gasteiger charge is -2.34. The van der Waals surface area contributed by atoms with Crippen LogP contribution in [-0.2, 0) is 0 Å². The number of nitrogens with zero attached hydrogens (tertiary/aromatic N) is 1. The molecule has 1 aliphatic rings. The van der Waals surface area contributed by atoms with Crippen LogP contribution in [0, 0.1) is 5.41 Å². The summed E-state index contributed by atoms with van der Waals surface area (Å²) in [5, 5.41) is 3.40. The molecule has 16 heavy (non-hydrogen) atoms. The first-order valence-corrected chi connectivity index (χ1v) is 6.82. The molecule has 1 fully saturated rings. The summed E-state index contributed by atoms with van der Waals surface area (Å²) < 4.78 is 0. The van der Waals surface area contributed by atoms with E-state index in [4.69, 9.17) is 0 Å². The van der Waals surface area contributed by atoms with E-state index in [2.05, 4.69) is 44.1 Å². The minimum atomic E-state index is 0.402. The van der Waals surface area contributed by atoms with Crippen LogP contribution in [0.2, 0.25) is 0 Å². The van der Waals surface area contributed by atoms with Crippen molar-refractivity contribution in [3.8, 4) is 0 Å². The summed E-state index contributed by atoms with van der Waals surface area (Å²) in [6.07, 6.45) is 6.11. The van der Waals surface area contributed by atoms with Crippen LogP contribution in [0.15, 0.2) is 11.8 Å². The standard InChI is InChI=1S/C14H28N2/c1-5-13(14(4,6-2)7-3)12-16-10-8-15-9-11-16/h12,15H,5-11H2,1-4H3/b13-12+. The zero-order valence-electron chi connectivity index (χ0n) is 11.5. The van der Waals surface area contributed by atoms with Gasteiger partial charge in [0.2, 0.25) is 0 Å². The molecule has 1 rings (SSSR count). The van der Waals surface area contributed by atoms with Gasteiger partial charge in [-0.1, -0.05) is 27.7 Å². The second kappa shape index (κ2) is 6.29. The van der Waals surface area contributed by atoms with Gasteiger partial charge in [0.05, 0.1) is 0 Å². The quantitative estimate of drug-likeness (QED) is 0.772. The highest BCUT2D eigenvalue weighted by Gasteiger charge is 2.24. The summed E-state index contributed by atoms with van der Waals surface area (Å²) in [6.45, 7) is 13.9. The maximum absolute atomic E-state index is 3.40. The molecule has 0 spiro atoms. The van der Waals surface area contributed by atoms with Gasteiger partial charge >= 0.3 is 0 Å². The van der Waals surface area contributed by atoms with E-state index in [1.54, 1.807) is 5.57 Å². The Hall–Kier alpha value is -0.500. The second-order valence-corrected chi connectivity index (χ2v) is 5.06. The largest absolute Gasteiger partial charge is 0.375 e. The van der Waals surface area contributed by atoms with Crippen molar-refractivity contribution in [2.24, 2.45) is 5.41 Å². The van der Waals surface area contributed by atoms with Gasteiger partial charge in [0.15, 0.2) is 0 Å². The maximum atomic E-state index is 3.40. The first kappa shape index (κ1) is 13.6. The van der Waals surface area contributed by atoms with Gasteiger partial charge in [0.1, 0.15) is 0 Å².